The molecule has 1 aliphatic heterocycles. The van der Waals surface area contributed by atoms with E-state index in [1.54, 1.807) is 12.5 Å². The first-order valence-electron chi connectivity index (χ1n) is 7.67. The van der Waals surface area contributed by atoms with Crippen LogP contribution in [0.1, 0.15) is 21.6 Å². The number of rotatable bonds is 3. The van der Waals surface area contributed by atoms with Crippen LogP contribution < -0.4 is 10.1 Å². The molecule has 116 valence electrons. The van der Waals surface area contributed by atoms with Crippen molar-refractivity contribution >= 4 is 11.4 Å². The first-order valence-corrected chi connectivity index (χ1v) is 7.67. The minimum atomic E-state index is -0.0855. The maximum atomic E-state index is 12.5. The zero-order valence-corrected chi connectivity index (χ0v) is 12.8. The van der Waals surface area contributed by atoms with Gasteiger partial charge in [-0.1, -0.05) is 18.2 Å². The molecule has 0 fully saturated rings. The van der Waals surface area contributed by atoms with E-state index in [1.807, 2.05) is 41.7 Å². The van der Waals surface area contributed by atoms with Crippen LogP contribution >= 0.6 is 0 Å². The topological polar surface area (TPSA) is 55.6 Å². The quantitative estimate of drug-likeness (QED) is 0.808. The predicted molar refractivity (Wildman–Crippen MR) is 86.8 cm³/mol. The van der Waals surface area contributed by atoms with Crippen molar-refractivity contribution in [2.24, 2.45) is 0 Å². The largest absolute Gasteiger partial charge is 0.488 e. The number of ether oxygens (including phenoxy) is 1. The van der Waals surface area contributed by atoms with Gasteiger partial charge in [-0.2, -0.15) is 0 Å². The number of benzene rings is 1. The highest BCUT2D eigenvalue weighted by Gasteiger charge is 2.23. The zero-order valence-electron chi connectivity index (χ0n) is 12.8. The molecule has 3 heterocycles. The molecule has 23 heavy (non-hydrogen) atoms. The fraction of sp³-hybridized carbons (Fsp3) is 0.222. The van der Waals surface area contributed by atoms with Crippen LogP contribution in [0.25, 0.3) is 5.52 Å². The molecule has 4 rings (SSSR count). The van der Waals surface area contributed by atoms with Gasteiger partial charge in [-0.15, -0.1) is 0 Å². The molecule has 1 atom stereocenters. The molecule has 0 radical (unpaired) electrons. The molecule has 1 amide bonds. The SMILES string of the molecule is Cc1c(C(=O)NC[C@@H]2Cc3ccccc3O2)ccc2cncn12. The Labute approximate surface area is 133 Å². The number of pyridine rings is 1. The van der Waals surface area contributed by atoms with E-state index >= 15 is 0 Å². The van der Waals surface area contributed by atoms with Crippen LogP contribution in [0.4, 0.5) is 0 Å². The monoisotopic (exact) mass is 307 g/mol. The minimum absolute atomic E-state index is 0.00590. The first kappa shape index (κ1) is 13.8. The highest BCUT2D eigenvalue weighted by Crippen LogP contribution is 2.27. The van der Waals surface area contributed by atoms with Crippen LogP contribution in [-0.2, 0) is 6.42 Å². The van der Waals surface area contributed by atoms with E-state index in [0.29, 0.717) is 12.1 Å². The average Bonchev–Trinajstić information content (AvgIpc) is 3.19. The van der Waals surface area contributed by atoms with Crippen molar-refractivity contribution in [2.75, 3.05) is 6.54 Å². The van der Waals surface area contributed by atoms with Gasteiger partial charge in [0.1, 0.15) is 11.9 Å². The van der Waals surface area contributed by atoms with Crippen LogP contribution in [0, 0.1) is 6.92 Å². The fourth-order valence-electron chi connectivity index (χ4n) is 3.04. The van der Waals surface area contributed by atoms with Crippen LogP contribution in [0.5, 0.6) is 5.75 Å². The molecular weight excluding hydrogens is 290 g/mol. The van der Waals surface area contributed by atoms with Crippen molar-refractivity contribution in [3.63, 3.8) is 0 Å². The Balaban J connectivity index is 1.45. The van der Waals surface area contributed by atoms with Gasteiger partial charge in [-0.25, -0.2) is 4.98 Å². The summed E-state index contributed by atoms with van der Waals surface area (Å²) in [4.78, 5) is 16.6. The molecule has 5 heteroatoms. The van der Waals surface area contributed by atoms with Crippen LogP contribution in [0.15, 0.2) is 48.9 Å². The van der Waals surface area contributed by atoms with Gasteiger partial charge in [-0.05, 0) is 30.7 Å². The number of aryl methyl sites for hydroxylation is 1. The van der Waals surface area contributed by atoms with E-state index in [1.165, 1.54) is 5.56 Å². The molecule has 1 aliphatic rings. The first-order chi connectivity index (χ1) is 11.2. The molecular formula is C18H17N3O2. The summed E-state index contributed by atoms with van der Waals surface area (Å²) in [5, 5.41) is 2.98. The molecule has 0 bridgehead atoms. The van der Waals surface area contributed by atoms with E-state index in [-0.39, 0.29) is 12.0 Å². The zero-order chi connectivity index (χ0) is 15.8. The van der Waals surface area contributed by atoms with E-state index in [9.17, 15) is 4.79 Å². The smallest absolute Gasteiger partial charge is 0.253 e. The van der Waals surface area contributed by atoms with E-state index in [0.717, 1.165) is 23.4 Å². The van der Waals surface area contributed by atoms with Gasteiger partial charge in [0.25, 0.3) is 5.91 Å². The standard InChI is InChI=1S/C18H17N3O2/c1-12-16(7-6-14-9-19-11-21(12)14)18(22)20-10-15-8-13-4-2-3-5-17(13)23-15/h2-7,9,11,15H,8,10H2,1H3,(H,20,22)/t15-/m0/s1. The van der Waals surface area contributed by atoms with Crippen molar-refractivity contribution < 1.29 is 9.53 Å². The molecule has 0 saturated heterocycles. The summed E-state index contributed by atoms with van der Waals surface area (Å²) in [6.07, 6.45) is 4.32. The number of hydrogen-bond acceptors (Lipinski definition) is 3. The molecule has 0 spiro atoms. The summed E-state index contributed by atoms with van der Waals surface area (Å²) in [5.41, 5.74) is 3.72. The predicted octanol–water partition coefficient (Wildman–Crippen LogP) is 2.38. The van der Waals surface area contributed by atoms with Gasteiger partial charge in [0.05, 0.1) is 30.1 Å². The maximum Gasteiger partial charge on any atom is 0.253 e. The highest BCUT2D eigenvalue weighted by molar-refractivity contribution is 5.95. The summed E-state index contributed by atoms with van der Waals surface area (Å²) < 4.78 is 7.76. The number of carbonyl (C=O) groups excluding carboxylic acids is 1. The van der Waals surface area contributed by atoms with Crippen LogP contribution in [0.2, 0.25) is 0 Å². The Morgan fingerprint density at radius 2 is 2.22 bits per heavy atom. The van der Waals surface area contributed by atoms with Crippen molar-refractivity contribution in [3.05, 3.63) is 65.7 Å². The second-order valence-electron chi connectivity index (χ2n) is 5.78. The van der Waals surface area contributed by atoms with Gasteiger partial charge in [0.2, 0.25) is 0 Å². The molecule has 1 aromatic carbocycles. The minimum Gasteiger partial charge on any atom is -0.488 e. The summed E-state index contributed by atoms with van der Waals surface area (Å²) in [6, 6.07) is 11.7. The van der Waals surface area contributed by atoms with Gasteiger partial charge in [-0.3, -0.25) is 4.79 Å². The number of aromatic nitrogens is 2. The third kappa shape index (κ3) is 2.44. The number of carbonyl (C=O) groups is 1. The molecule has 3 aromatic rings. The lowest BCUT2D eigenvalue weighted by atomic mass is 10.1. The summed E-state index contributed by atoms with van der Waals surface area (Å²) in [5.74, 6) is 0.834. The Kier molecular flexibility index (Phi) is 3.26. The van der Waals surface area contributed by atoms with Crippen LogP contribution in [-0.4, -0.2) is 27.9 Å². The summed E-state index contributed by atoms with van der Waals surface area (Å²) in [7, 11) is 0. The molecule has 0 unspecified atom stereocenters. The van der Waals surface area contributed by atoms with Crippen molar-refractivity contribution in [1.82, 2.24) is 14.7 Å². The average molecular weight is 307 g/mol. The summed E-state index contributed by atoms with van der Waals surface area (Å²) >= 11 is 0. The van der Waals surface area contributed by atoms with Gasteiger partial charge in [0.15, 0.2) is 0 Å². The van der Waals surface area contributed by atoms with E-state index < -0.39 is 0 Å². The van der Waals surface area contributed by atoms with Crippen molar-refractivity contribution in [2.45, 2.75) is 19.4 Å². The molecule has 0 aliphatic carbocycles. The Morgan fingerprint density at radius 3 is 3.09 bits per heavy atom. The number of hydrogen-bond donors (Lipinski definition) is 1. The molecule has 1 N–H and O–H groups in total. The van der Waals surface area contributed by atoms with E-state index in [2.05, 4.69) is 16.4 Å². The number of nitrogens with zero attached hydrogens (tertiary/aromatic N) is 2. The number of fused-ring (bicyclic) bond motifs is 2. The van der Waals surface area contributed by atoms with Crippen molar-refractivity contribution in [1.29, 1.82) is 0 Å². The normalized spacial score (nSPS) is 16.1. The maximum absolute atomic E-state index is 12.5. The lowest BCUT2D eigenvalue weighted by Gasteiger charge is -2.13. The van der Waals surface area contributed by atoms with Gasteiger partial charge >= 0.3 is 0 Å². The van der Waals surface area contributed by atoms with Gasteiger partial charge in [0, 0.05) is 12.1 Å². The fourth-order valence-corrected chi connectivity index (χ4v) is 3.04. The lowest BCUT2D eigenvalue weighted by Crippen LogP contribution is -2.34. The third-order valence-corrected chi connectivity index (χ3v) is 4.29. The number of amides is 1. The highest BCUT2D eigenvalue weighted by atomic mass is 16.5. The van der Waals surface area contributed by atoms with Gasteiger partial charge < -0.3 is 14.5 Å². The third-order valence-electron chi connectivity index (χ3n) is 4.29. The van der Waals surface area contributed by atoms with E-state index in [4.69, 9.17) is 4.74 Å². The second kappa shape index (κ2) is 5.43. The number of nitrogens with one attached hydrogen (secondary N) is 1. The lowest BCUT2D eigenvalue weighted by molar-refractivity contribution is 0.0932. The Bertz CT molecular complexity index is 860. The van der Waals surface area contributed by atoms with Crippen molar-refractivity contribution in [3.8, 4) is 5.75 Å². The molecule has 2 aromatic heterocycles. The Morgan fingerprint density at radius 1 is 1.35 bits per heavy atom. The molecule has 0 saturated carbocycles. The summed E-state index contributed by atoms with van der Waals surface area (Å²) in [6.45, 7) is 2.42. The Hall–Kier alpha value is -2.82. The number of para-hydroxylation sites is 1. The van der Waals surface area contributed by atoms with Crippen LogP contribution in [0.3, 0.4) is 0 Å². The molecule has 5 nitrogen and oxygen atoms in total. The second-order valence-corrected chi connectivity index (χ2v) is 5.78. The number of imidazole rings is 1.